The van der Waals surface area contributed by atoms with E-state index in [-0.39, 0.29) is 17.7 Å². The summed E-state index contributed by atoms with van der Waals surface area (Å²) in [6, 6.07) is 8.54. The van der Waals surface area contributed by atoms with Crippen LogP contribution in [0, 0.1) is 0 Å². The van der Waals surface area contributed by atoms with Crippen molar-refractivity contribution in [2.45, 2.75) is 6.54 Å². The second kappa shape index (κ2) is 7.83. The van der Waals surface area contributed by atoms with Crippen LogP contribution in [-0.4, -0.2) is 29.7 Å². The van der Waals surface area contributed by atoms with Crippen molar-refractivity contribution in [2.75, 3.05) is 19.5 Å². The first-order chi connectivity index (χ1) is 12.6. The summed E-state index contributed by atoms with van der Waals surface area (Å²) in [5.74, 6) is 0.776. The van der Waals surface area contributed by atoms with Gasteiger partial charge in [0.15, 0.2) is 5.13 Å². The molecule has 0 unspecified atom stereocenters. The zero-order chi connectivity index (χ0) is 18.5. The van der Waals surface area contributed by atoms with E-state index in [1.165, 1.54) is 22.0 Å². The van der Waals surface area contributed by atoms with E-state index in [0.717, 1.165) is 5.56 Å². The number of hydrogen-bond acceptors (Lipinski definition) is 6. The Morgan fingerprint density at radius 3 is 2.58 bits per heavy atom. The highest BCUT2D eigenvalue weighted by Gasteiger charge is 2.14. The second-order valence-corrected chi connectivity index (χ2v) is 6.26. The number of carbonyl (C=O) groups is 1. The van der Waals surface area contributed by atoms with Gasteiger partial charge in [-0.25, -0.2) is 4.98 Å². The smallest absolute Gasteiger partial charge is 0.263 e. The minimum absolute atomic E-state index is 0.0533. The van der Waals surface area contributed by atoms with Crippen molar-refractivity contribution in [3.63, 3.8) is 0 Å². The number of anilines is 1. The number of thiazole rings is 1. The fourth-order valence-electron chi connectivity index (χ4n) is 2.44. The molecule has 7 nitrogen and oxygen atoms in total. The molecular weight excluding hydrogens is 354 g/mol. The Morgan fingerprint density at radius 2 is 1.96 bits per heavy atom. The van der Waals surface area contributed by atoms with E-state index in [4.69, 9.17) is 9.47 Å². The van der Waals surface area contributed by atoms with Gasteiger partial charge in [-0.2, -0.15) is 0 Å². The lowest BCUT2D eigenvalue weighted by Crippen LogP contribution is -2.29. The maximum absolute atomic E-state index is 12.7. The molecule has 0 aliphatic rings. The van der Waals surface area contributed by atoms with Gasteiger partial charge in [0.1, 0.15) is 17.1 Å². The average molecular weight is 371 g/mol. The third kappa shape index (κ3) is 3.92. The highest BCUT2D eigenvalue weighted by Crippen LogP contribution is 2.22. The fourth-order valence-corrected chi connectivity index (χ4v) is 2.96. The van der Waals surface area contributed by atoms with Gasteiger partial charge < -0.3 is 14.0 Å². The summed E-state index contributed by atoms with van der Waals surface area (Å²) >= 11 is 1.29. The van der Waals surface area contributed by atoms with Crippen LogP contribution in [-0.2, 0) is 6.54 Å². The number of aromatic nitrogens is 2. The summed E-state index contributed by atoms with van der Waals surface area (Å²) in [6.07, 6.45) is 3.22. The highest BCUT2D eigenvalue weighted by molar-refractivity contribution is 7.13. The number of methoxy groups -OCH3 is 2. The summed E-state index contributed by atoms with van der Waals surface area (Å²) in [6.45, 7) is 0.283. The zero-order valence-electron chi connectivity index (χ0n) is 14.3. The Morgan fingerprint density at radius 1 is 1.23 bits per heavy atom. The SMILES string of the molecule is COc1cc(Cn2cccc(C(=O)Nc3nccs3)c2=O)cc(OC)c1. The molecule has 0 saturated heterocycles. The first kappa shape index (κ1) is 17.7. The van der Waals surface area contributed by atoms with E-state index in [2.05, 4.69) is 10.3 Å². The van der Waals surface area contributed by atoms with Gasteiger partial charge in [-0.1, -0.05) is 0 Å². The Labute approximate surface area is 153 Å². The molecule has 1 aromatic carbocycles. The zero-order valence-corrected chi connectivity index (χ0v) is 15.1. The monoisotopic (exact) mass is 371 g/mol. The number of rotatable bonds is 6. The van der Waals surface area contributed by atoms with Crippen molar-refractivity contribution in [3.8, 4) is 11.5 Å². The first-order valence-corrected chi connectivity index (χ1v) is 8.61. The molecule has 3 aromatic rings. The highest BCUT2D eigenvalue weighted by atomic mass is 32.1. The molecule has 0 aliphatic carbocycles. The Bertz CT molecular complexity index is 945. The fraction of sp³-hybridized carbons (Fsp3) is 0.167. The number of benzene rings is 1. The van der Waals surface area contributed by atoms with Gasteiger partial charge in [0.2, 0.25) is 0 Å². The van der Waals surface area contributed by atoms with Crippen LogP contribution in [0.2, 0.25) is 0 Å². The van der Waals surface area contributed by atoms with Crippen LogP contribution in [0.3, 0.4) is 0 Å². The van der Waals surface area contributed by atoms with Crippen LogP contribution in [0.1, 0.15) is 15.9 Å². The third-order valence-corrected chi connectivity index (χ3v) is 4.37. The molecule has 2 aromatic heterocycles. The molecule has 3 rings (SSSR count). The lowest BCUT2D eigenvalue weighted by Gasteiger charge is -2.11. The molecule has 0 bridgehead atoms. The van der Waals surface area contributed by atoms with Crippen LogP contribution >= 0.6 is 11.3 Å². The van der Waals surface area contributed by atoms with Gasteiger partial charge in [0.05, 0.1) is 20.8 Å². The summed E-state index contributed by atoms with van der Waals surface area (Å²) in [4.78, 5) is 29.0. The normalized spacial score (nSPS) is 10.4. The van der Waals surface area contributed by atoms with E-state index in [1.807, 2.05) is 12.1 Å². The minimum atomic E-state index is -0.484. The Balaban J connectivity index is 1.88. The van der Waals surface area contributed by atoms with Crippen LogP contribution in [0.5, 0.6) is 11.5 Å². The summed E-state index contributed by atoms with van der Waals surface area (Å²) in [7, 11) is 3.13. The maximum Gasteiger partial charge on any atom is 0.263 e. The predicted molar refractivity (Wildman–Crippen MR) is 99.4 cm³/mol. The average Bonchev–Trinajstić information content (AvgIpc) is 3.16. The lowest BCUT2D eigenvalue weighted by atomic mass is 10.2. The van der Waals surface area contributed by atoms with Gasteiger partial charge in [-0.15, -0.1) is 11.3 Å². The largest absolute Gasteiger partial charge is 0.497 e. The summed E-state index contributed by atoms with van der Waals surface area (Å²) < 4.78 is 12.0. The van der Waals surface area contributed by atoms with E-state index >= 15 is 0 Å². The van der Waals surface area contributed by atoms with Gasteiger partial charge >= 0.3 is 0 Å². The van der Waals surface area contributed by atoms with Gasteiger partial charge in [-0.05, 0) is 29.8 Å². The number of hydrogen-bond donors (Lipinski definition) is 1. The van der Waals surface area contributed by atoms with Crippen molar-refractivity contribution in [1.82, 2.24) is 9.55 Å². The molecule has 134 valence electrons. The van der Waals surface area contributed by atoms with Crippen molar-refractivity contribution in [1.29, 1.82) is 0 Å². The Hall–Kier alpha value is -3.13. The van der Waals surface area contributed by atoms with Crippen LogP contribution in [0.25, 0.3) is 0 Å². The van der Waals surface area contributed by atoms with E-state index < -0.39 is 5.91 Å². The topological polar surface area (TPSA) is 82.5 Å². The quantitative estimate of drug-likeness (QED) is 0.720. The molecule has 0 aliphatic heterocycles. The molecular formula is C18H17N3O4S. The van der Waals surface area contributed by atoms with Crippen molar-refractivity contribution >= 4 is 22.4 Å². The van der Waals surface area contributed by atoms with Crippen molar-refractivity contribution < 1.29 is 14.3 Å². The number of nitrogens with one attached hydrogen (secondary N) is 1. The minimum Gasteiger partial charge on any atom is -0.497 e. The predicted octanol–water partition coefficient (Wildman–Crippen LogP) is 2.62. The van der Waals surface area contributed by atoms with Crippen LogP contribution in [0.15, 0.2) is 52.9 Å². The Kier molecular flexibility index (Phi) is 5.33. The van der Waals surface area contributed by atoms with Crippen LogP contribution < -0.4 is 20.3 Å². The molecule has 0 fully saturated rings. The van der Waals surface area contributed by atoms with Gasteiger partial charge in [0.25, 0.3) is 11.5 Å². The molecule has 0 radical (unpaired) electrons. The van der Waals surface area contributed by atoms with Crippen LogP contribution in [0.4, 0.5) is 5.13 Å². The van der Waals surface area contributed by atoms with Crippen molar-refractivity contribution in [3.05, 3.63) is 69.6 Å². The summed E-state index contributed by atoms with van der Waals surface area (Å²) in [5, 5.41) is 4.81. The number of amides is 1. The van der Waals surface area contributed by atoms with E-state index in [9.17, 15) is 9.59 Å². The van der Waals surface area contributed by atoms with Gasteiger partial charge in [0, 0.05) is 23.8 Å². The van der Waals surface area contributed by atoms with Crippen molar-refractivity contribution in [2.24, 2.45) is 0 Å². The number of nitrogens with zero attached hydrogens (tertiary/aromatic N) is 2. The van der Waals surface area contributed by atoms with Gasteiger partial charge in [-0.3, -0.25) is 14.9 Å². The third-order valence-electron chi connectivity index (χ3n) is 3.68. The maximum atomic E-state index is 12.7. The number of carbonyl (C=O) groups excluding carboxylic acids is 1. The van der Waals surface area contributed by atoms with E-state index in [1.54, 1.807) is 44.1 Å². The number of ether oxygens (including phenoxy) is 2. The van der Waals surface area contributed by atoms with E-state index in [0.29, 0.717) is 16.6 Å². The number of pyridine rings is 1. The molecule has 0 atom stereocenters. The molecule has 0 saturated carbocycles. The molecule has 0 spiro atoms. The molecule has 1 amide bonds. The molecule has 8 heteroatoms. The summed E-state index contributed by atoms with van der Waals surface area (Å²) in [5.41, 5.74) is 0.488. The standard InChI is InChI=1S/C18H17N3O4S/c1-24-13-8-12(9-14(10-13)25-2)11-21-6-3-4-15(17(21)23)16(22)20-18-19-5-7-26-18/h3-10H,11H2,1-2H3,(H,19,20,22). The molecule has 2 heterocycles. The molecule has 26 heavy (non-hydrogen) atoms. The molecule has 1 N–H and O–H groups in total. The second-order valence-electron chi connectivity index (χ2n) is 5.37. The lowest BCUT2D eigenvalue weighted by molar-refractivity contribution is 0.102. The first-order valence-electron chi connectivity index (χ1n) is 7.73.